The van der Waals surface area contributed by atoms with Gasteiger partial charge < -0.3 is 15.0 Å². The highest BCUT2D eigenvalue weighted by Crippen LogP contribution is 2.29. The molecule has 3 rings (SSSR count). The van der Waals surface area contributed by atoms with Gasteiger partial charge in [0.15, 0.2) is 0 Å². The summed E-state index contributed by atoms with van der Waals surface area (Å²) < 4.78 is 5.40. The summed E-state index contributed by atoms with van der Waals surface area (Å²) in [5, 5.41) is 6.59. The molecule has 6 heteroatoms. The van der Waals surface area contributed by atoms with Crippen molar-refractivity contribution in [2.24, 2.45) is 0 Å². The number of rotatable bonds is 3. The Morgan fingerprint density at radius 2 is 2.52 bits per heavy atom. The van der Waals surface area contributed by atoms with Crippen LogP contribution >= 0.6 is 11.3 Å². The van der Waals surface area contributed by atoms with Crippen LogP contribution < -0.4 is 5.32 Å². The molecule has 2 fully saturated rings. The molecular weight excluding hydrogens is 286 g/mol. The third-order valence-corrected chi connectivity index (χ3v) is 5.29. The number of aromatic nitrogens is 1. The van der Waals surface area contributed by atoms with Gasteiger partial charge in [0, 0.05) is 30.9 Å². The second kappa shape index (κ2) is 6.85. The van der Waals surface area contributed by atoms with Crippen molar-refractivity contribution >= 4 is 17.2 Å². The van der Waals surface area contributed by atoms with Crippen molar-refractivity contribution in [3.8, 4) is 0 Å². The number of carbonyl (C=O) groups excluding carboxylic acids is 1. The maximum absolute atomic E-state index is 12.6. The van der Waals surface area contributed by atoms with E-state index in [1.54, 1.807) is 11.3 Å². The van der Waals surface area contributed by atoms with Gasteiger partial charge in [-0.15, -0.1) is 11.3 Å². The average molecular weight is 309 g/mol. The lowest BCUT2D eigenvalue weighted by Crippen LogP contribution is -2.54. The van der Waals surface area contributed by atoms with Crippen LogP contribution in [0.2, 0.25) is 0 Å². The van der Waals surface area contributed by atoms with E-state index in [4.69, 9.17) is 9.72 Å². The molecule has 1 amide bonds. The van der Waals surface area contributed by atoms with E-state index in [9.17, 15) is 4.79 Å². The fourth-order valence-electron chi connectivity index (χ4n) is 3.00. The Morgan fingerprint density at radius 3 is 3.24 bits per heavy atom. The summed E-state index contributed by atoms with van der Waals surface area (Å²) in [6, 6.07) is -0.167. The summed E-state index contributed by atoms with van der Waals surface area (Å²) in [6.07, 6.45) is 3.18. The number of piperidine rings is 1. The van der Waals surface area contributed by atoms with E-state index in [0.29, 0.717) is 19.1 Å². The minimum Gasteiger partial charge on any atom is -0.378 e. The van der Waals surface area contributed by atoms with E-state index in [2.05, 4.69) is 17.6 Å². The number of amides is 1. The summed E-state index contributed by atoms with van der Waals surface area (Å²) >= 11 is 1.74. The normalized spacial score (nSPS) is 26.8. The van der Waals surface area contributed by atoms with Crippen molar-refractivity contribution in [3.05, 3.63) is 16.1 Å². The van der Waals surface area contributed by atoms with Crippen molar-refractivity contribution < 1.29 is 9.53 Å². The fraction of sp³-hybridized carbons (Fsp3) is 0.733. The van der Waals surface area contributed by atoms with Gasteiger partial charge in [0.1, 0.15) is 6.04 Å². The Labute approximate surface area is 129 Å². The van der Waals surface area contributed by atoms with Crippen LogP contribution in [0.3, 0.4) is 0 Å². The number of carbonyl (C=O) groups is 1. The van der Waals surface area contributed by atoms with Gasteiger partial charge in [-0.25, -0.2) is 4.98 Å². The lowest BCUT2D eigenvalue weighted by molar-refractivity contribution is -0.137. The Hall–Kier alpha value is -0.980. The SMILES string of the molecule is CCc1csc(C2CCCN(C(=O)C3COCCN3)C2)n1. The molecule has 1 aromatic heterocycles. The maximum atomic E-state index is 12.6. The predicted octanol–water partition coefficient (Wildman–Crippen LogP) is 1.40. The van der Waals surface area contributed by atoms with E-state index in [-0.39, 0.29) is 11.9 Å². The number of thiazole rings is 1. The summed E-state index contributed by atoms with van der Waals surface area (Å²) in [7, 11) is 0. The van der Waals surface area contributed by atoms with Crippen LogP contribution in [0.25, 0.3) is 0 Å². The smallest absolute Gasteiger partial charge is 0.242 e. The lowest BCUT2D eigenvalue weighted by atomic mass is 9.98. The molecule has 5 nitrogen and oxygen atoms in total. The number of aryl methyl sites for hydroxylation is 1. The van der Waals surface area contributed by atoms with Crippen LogP contribution in [0, 0.1) is 0 Å². The van der Waals surface area contributed by atoms with Gasteiger partial charge in [-0.3, -0.25) is 4.79 Å². The summed E-state index contributed by atoms with van der Waals surface area (Å²) in [5.41, 5.74) is 1.17. The lowest BCUT2D eigenvalue weighted by Gasteiger charge is -2.35. The fourth-order valence-corrected chi connectivity index (χ4v) is 4.03. The standard InChI is InChI=1S/C15H23N3O2S/c1-2-12-10-21-14(17-12)11-4-3-6-18(8-11)15(19)13-9-20-7-5-16-13/h10-11,13,16H,2-9H2,1H3. The predicted molar refractivity (Wildman–Crippen MR) is 82.7 cm³/mol. The average Bonchev–Trinajstić information content (AvgIpc) is 3.04. The highest BCUT2D eigenvalue weighted by atomic mass is 32.1. The molecule has 2 aliphatic rings. The molecular formula is C15H23N3O2S. The topological polar surface area (TPSA) is 54.5 Å². The number of morpholine rings is 1. The molecule has 2 atom stereocenters. The van der Waals surface area contributed by atoms with Crippen molar-refractivity contribution in [2.45, 2.75) is 38.1 Å². The first-order valence-electron chi connectivity index (χ1n) is 7.82. The Kier molecular flexibility index (Phi) is 4.87. The van der Waals surface area contributed by atoms with Crippen LogP contribution in [0.4, 0.5) is 0 Å². The summed E-state index contributed by atoms with van der Waals surface area (Å²) in [5.74, 6) is 0.587. The highest BCUT2D eigenvalue weighted by Gasteiger charge is 2.31. The Morgan fingerprint density at radius 1 is 1.62 bits per heavy atom. The summed E-state index contributed by atoms with van der Waals surface area (Å²) in [6.45, 7) is 5.75. The highest BCUT2D eigenvalue weighted by molar-refractivity contribution is 7.09. The van der Waals surface area contributed by atoms with E-state index in [1.807, 2.05) is 4.90 Å². The van der Waals surface area contributed by atoms with Crippen LogP contribution in [-0.4, -0.2) is 54.7 Å². The molecule has 1 aromatic rings. The second-order valence-electron chi connectivity index (χ2n) is 5.74. The van der Waals surface area contributed by atoms with E-state index < -0.39 is 0 Å². The van der Waals surface area contributed by atoms with Crippen molar-refractivity contribution in [3.63, 3.8) is 0 Å². The first-order chi connectivity index (χ1) is 10.3. The molecule has 0 aliphatic carbocycles. The third kappa shape index (κ3) is 3.44. The number of hydrogen-bond acceptors (Lipinski definition) is 5. The number of nitrogens with one attached hydrogen (secondary N) is 1. The summed E-state index contributed by atoms with van der Waals surface area (Å²) in [4.78, 5) is 19.3. The van der Waals surface area contributed by atoms with E-state index in [0.717, 1.165) is 38.9 Å². The molecule has 2 unspecified atom stereocenters. The molecule has 0 bridgehead atoms. The van der Waals surface area contributed by atoms with Crippen molar-refractivity contribution in [2.75, 3.05) is 32.8 Å². The molecule has 0 aromatic carbocycles. The maximum Gasteiger partial charge on any atom is 0.242 e. The van der Waals surface area contributed by atoms with Crippen molar-refractivity contribution in [1.82, 2.24) is 15.2 Å². The second-order valence-corrected chi connectivity index (χ2v) is 6.63. The van der Waals surface area contributed by atoms with Gasteiger partial charge in [0.2, 0.25) is 5.91 Å². The molecule has 2 saturated heterocycles. The zero-order chi connectivity index (χ0) is 14.7. The largest absolute Gasteiger partial charge is 0.378 e. The molecule has 3 heterocycles. The van der Waals surface area contributed by atoms with Gasteiger partial charge in [-0.05, 0) is 19.3 Å². The first kappa shape index (κ1) is 14.9. The zero-order valence-corrected chi connectivity index (χ0v) is 13.3. The third-order valence-electron chi connectivity index (χ3n) is 4.23. The van der Waals surface area contributed by atoms with E-state index >= 15 is 0 Å². The number of ether oxygens (including phenoxy) is 1. The number of nitrogens with zero attached hydrogens (tertiary/aromatic N) is 2. The number of hydrogen-bond donors (Lipinski definition) is 1. The van der Waals surface area contributed by atoms with Crippen LogP contribution in [-0.2, 0) is 16.0 Å². The Balaban J connectivity index is 1.63. The van der Waals surface area contributed by atoms with E-state index in [1.165, 1.54) is 10.7 Å². The molecule has 0 radical (unpaired) electrons. The van der Waals surface area contributed by atoms with Gasteiger partial charge in [-0.1, -0.05) is 6.92 Å². The molecule has 1 N–H and O–H groups in total. The van der Waals surface area contributed by atoms with Crippen LogP contribution in [0.1, 0.15) is 36.4 Å². The minimum atomic E-state index is -0.167. The van der Waals surface area contributed by atoms with Gasteiger partial charge >= 0.3 is 0 Å². The number of likely N-dealkylation sites (tertiary alicyclic amines) is 1. The molecule has 0 saturated carbocycles. The van der Waals surface area contributed by atoms with Crippen LogP contribution in [0.5, 0.6) is 0 Å². The molecule has 0 spiro atoms. The first-order valence-corrected chi connectivity index (χ1v) is 8.70. The molecule has 2 aliphatic heterocycles. The molecule has 21 heavy (non-hydrogen) atoms. The van der Waals surface area contributed by atoms with Gasteiger partial charge in [0.25, 0.3) is 0 Å². The van der Waals surface area contributed by atoms with Crippen molar-refractivity contribution in [1.29, 1.82) is 0 Å². The Bertz CT molecular complexity index is 485. The van der Waals surface area contributed by atoms with Gasteiger partial charge in [0.05, 0.1) is 23.9 Å². The minimum absolute atomic E-state index is 0.167. The molecule has 116 valence electrons. The monoisotopic (exact) mass is 309 g/mol. The zero-order valence-electron chi connectivity index (χ0n) is 12.5. The quantitative estimate of drug-likeness (QED) is 0.917. The van der Waals surface area contributed by atoms with Gasteiger partial charge in [-0.2, -0.15) is 0 Å². The van der Waals surface area contributed by atoms with Crippen LogP contribution in [0.15, 0.2) is 5.38 Å².